The van der Waals surface area contributed by atoms with E-state index in [1.807, 2.05) is 6.92 Å². The third kappa shape index (κ3) is 4.98. The molecule has 1 N–H and O–H groups in total. The zero-order valence-electron chi connectivity index (χ0n) is 13.4. The standard InChI is InChI=1S/C14H31N3O2S/c1-5-9-15-10-6-11-16(4)20(18,19)17-12-13(2)7-8-14(17)3/h13-15H,5-12H2,1-4H3. The third-order valence-electron chi connectivity index (χ3n) is 4.00. The van der Waals surface area contributed by atoms with Crippen molar-refractivity contribution in [2.75, 3.05) is 33.2 Å². The minimum absolute atomic E-state index is 0.122. The molecule has 0 radical (unpaired) electrons. The van der Waals surface area contributed by atoms with Gasteiger partial charge in [0.05, 0.1) is 0 Å². The molecule has 0 bridgehead atoms. The first-order chi connectivity index (χ1) is 9.39. The number of nitrogens with one attached hydrogen (secondary N) is 1. The predicted molar refractivity (Wildman–Crippen MR) is 83.9 cm³/mol. The molecule has 6 heteroatoms. The highest BCUT2D eigenvalue weighted by molar-refractivity contribution is 7.86. The summed E-state index contributed by atoms with van der Waals surface area (Å²) in [5.41, 5.74) is 0. The Morgan fingerprint density at radius 3 is 2.60 bits per heavy atom. The van der Waals surface area contributed by atoms with Crippen LogP contribution in [0.4, 0.5) is 0 Å². The zero-order valence-corrected chi connectivity index (χ0v) is 14.2. The van der Waals surface area contributed by atoms with Crippen LogP contribution in [-0.2, 0) is 10.2 Å². The van der Waals surface area contributed by atoms with E-state index in [0.29, 0.717) is 19.0 Å². The molecule has 0 aromatic carbocycles. The SMILES string of the molecule is CCCNCCCN(C)S(=O)(=O)N1CC(C)CCC1C. The number of rotatable bonds is 8. The van der Waals surface area contributed by atoms with Crippen molar-refractivity contribution < 1.29 is 8.42 Å². The van der Waals surface area contributed by atoms with Gasteiger partial charge in [-0.25, -0.2) is 0 Å². The third-order valence-corrected chi connectivity index (χ3v) is 6.08. The predicted octanol–water partition coefficient (Wildman–Crippen LogP) is 1.67. The van der Waals surface area contributed by atoms with Crippen LogP contribution in [0, 0.1) is 5.92 Å². The highest BCUT2D eigenvalue weighted by atomic mass is 32.2. The summed E-state index contributed by atoms with van der Waals surface area (Å²) in [6.07, 6.45) is 4.05. The van der Waals surface area contributed by atoms with E-state index in [1.165, 1.54) is 4.31 Å². The molecule has 0 aliphatic carbocycles. The van der Waals surface area contributed by atoms with E-state index >= 15 is 0 Å². The Hall–Kier alpha value is -0.170. The van der Waals surface area contributed by atoms with Gasteiger partial charge in [0.1, 0.15) is 0 Å². The fraction of sp³-hybridized carbons (Fsp3) is 1.00. The summed E-state index contributed by atoms with van der Waals surface area (Å²) < 4.78 is 28.4. The lowest BCUT2D eigenvalue weighted by atomic mass is 9.97. The maximum Gasteiger partial charge on any atom is 0.281 e. The van der Waals surface area contributed by atoms with E-state index < -0.39 is 10.2 Å². The molecular weight excluding hydrogens is 274 g/mol. The van der Waals surface area contributed by atoms with Crippen LogP contribution in [0.5, 0.6) is 0 Å². The molecule has 0 aromatic heterocycles. The molecule has 0 aromatic rings. The maximum atomic E-state index is 12.6. The van der Waals surface area contributed by atoms with Crippen molar-refractivity contribution in [3.63, 3.8) is 0 Å². The van der Waals surface area contributed by atoms with Crippen LogP contribution >= 0.6 is 0 Å². The molecule has 1 fully saturated rings. The molecule has 1 heterocycles. The Morgan fingerprint density at radius 1 is 1.25 bits per heavy atom. The molecule has 20 heavy (non-hydrogen) atoms. The molecule has 0 saturated carbocycles. The lowest BCUT2D eigenvalue weighted by Gasteiger charge is -2.37. The highest BCUT2D eigenvalue weighted by Gasteiger charge is 2.34. The first kappa shape index (κ1) is 17.9. The second-order valence-corrected chi connectivity index (χ2v) is 8.02. The molecule has 1 rings (SSSR count). The van der Waals surface area contributed by atoms with Crippen molar-refractivity contribution in [3.05, 3.63) is 0 Å². The van der Waals surface area contributed by atoms with Crippen molar-refractivity contribution in [1.82, 2.24) is 13.9 Å². The minimum Gasteiger partial charge on any atom is -0.317 e. The molecule has 2 atom stereocenters. The first-order valence-corrected chi connectivity index (χ1v) is 9.23. The van der Waals surface area contributed by atoms with Crippen molar-refractivity contribution in [1.29, 1.82) is 0 Å². The van der Waals surface area contributed by atoms with Crippen LogP contribution in [0.1, 0.15) is 46.5 Å². The Balaban J connectivity index is 2.49. The van der Waals surface area contributed by atoms with Gasteiger partial charge in [0, 0.05) is 26.2 Å². The van der Waals surface area contributed by atoms with Gasteiger partial charge in [0.2, 0.25) is 0 Å². The fourth-order valence-electron chi connectivity index (χ4n) is 2.59. The average Bonchev–Trinajstić information content (AvgIpc) is 2.40. The quantitative estimate of drug-likeness (QED) is 0.694. The van der Waals surface area contributed by atoms with Crippen molar-refractivity contribution in [3.8, 4) is 0 Å². The van der Waals surface area contributed by atoms with Crippen LogP contribution in [0.25, 0.3) is 0 Å². The highest BCUT2D eigenvalue weighted by Crippen LogP contribution is 2.25. The second kappa shape index (κ2) is 8.32. The van der Waals surface area contributed by atoms with Crippen LogP contribution in [0.15, 0.2) is 0 Å². The van der Waals surface area contributed by atoms with Crippen LogP contribution in [0.3, 0.4) is 0 Å². The van der Waals surface area contributed by atoms with Gasteiger partial charge < -0.3 is 5.32 Å². The normalized spacial score (nSPS) is 25.2. The van der Waals surface area contributed by atoms with Gasteiger partial charge in [-0.3, -0.25) is 0 Å². The Kier molecular flexibility index (Phi) is 7.43. The van der Waals surface area contributed by atoms with E-state index in [2.05, 4.69) is 19.2 Å². The second-order valence-electron chi connectivity index (χ2n) is 6.03. The maximum absolute atomic E-state index is 12.6. The molecule has 1 saturated heterocycles. The lowest BCUT2D eigenvalue weighted by Crippen LogP contribution is -2.50. The summed E-state index contributed by atoms with van der Waals surface area (Å²) in [6.45, 7) is 9.38. The van der Waals surface area contributed by atoms with E-state index in [-0.39, 0.29) is 6.04 Å². The van der Waals surface area contributed by atoms with Gasteiger partial charge in [-0.05, 0) is 51.6 Å². The van der Waals surface area contributed by atoms with Crippen LogP contribution < -0.4 is 5.32 Å². The van der Waals surface area contributed by atoms with E-state index in [1.54, 1.807) is 11.4 Å². The first-order valence-electron chi connectivity index (χ1n) is 7.83. The minimum atomic E-state index is -3.30. The molecule has 2 unspecified atom stereocenters. The van der Waals surface area contributed by atoms with Crippen LogP contribution in [0.2, 0.25) is 0 Å². The average molecular weight is 305 g/mol. The summed E-state index contributed by atoms with van der Waals surface area (Å²) in [6, 6.07) is 0.122. The summed E-state index contributed by atoms with van der Waals surface area (Å²) in [4.78, 5) is 0. The lowest BCUT2D eigenvalue weighted by molar-refractivity contribution is 0.205. The Bertz CT molecular complexity index is 373. The van der Waals surface area contributed by atoms with E-state index in [0.717, 1.165) is 38.8 Å². The fourth-order valence-corrected chi connectivity index (χ4v) is 4.31. The Labute approximate surface area is 124 Å². The monoisotopic (exact) mass is 305 g/mol. The van der Waals surface area contributed by atoms with Crippen LogP contribution in [-0.4, -0.2) is 56.3 Å². The van der Waals surface area contributed by atoms with Gasteiger partial charge >= 0.3 is 0 Å². The topological polar surface area (TPSA) is 52.7 Å². The van der Waals surface area contributed by atoms with Gasteiger partial charge in [0.25, 0.3) is 10.2 Å². The van der Waals surface area contributed by atoms with Crippen molar-refractivity contribution in [2.45, 2.75) is 52.5 Å². The van der Waals surface area contributed by atoms with Gasteiger partial charge in [-0.1, -0.05) is 13.8 Å². The molecule has 0 spiro atoms. The van der Waals surface area contributed by atoms with Gasteiger partial charge in [-0.15, -0.1) is 0 Å². The molecule has 120 valence electrons. The number of nitrogens with zero attached hydrogens (tertiary/aromatic N) is 2. The molecule has 1 aliphatic rings. The Morgan fingerprint density at radius 2 is 1.95 bits per heavy atom. The summed E-state index contributed by atoms with van der Waals surface area (Å²) >= 11 is 0. The zero-order chi connectivity index (χ0) is 15.2. The largest absolute Gasteiger partial charge is 0.317 e. The van der Waals surface area contributed by atoms with E-state index in [4.69, 9.17) is 0 Å². The van der Waals surface area contributed by atoms with Gasteiger partial charge in [0.15, 0.2) is 0 Å². The van der Waals surface area contributed by atoms with Crippen molar-refractivity contribution in [2.24, 2.45) is 5.92 Å². The molecule has 1 aliphatic heterocycles. The molecule has 5 nitrogen and oxygen atoms in total. The summed E-state index contributed by atoms with van der Waals surface area (Å²) in [5.74, 6) is 0.459. The van der Waals surface area contributed by atoms with Crippen molar-refractivity contribution >= 4 is 10.2 Å². The smallest absolute Gasteiger partial charge is 0.281 e. The summed E-state index contributed by atoms with van der Waals surface area (Å²) in [5, 5.41) is 3.30. The van der Waals surface area contributed by atoms with E-state index in [9.17, 15) is 8.42 Å². The summed E-state index contributed by atoms with van der Waals surface area (Å²) in [7, 11) is -1.60. The van der Waals surface area contributed by atoms with Gasteiger partial charge in [-0.2, -0.15) is 17.0 Å². The number of hydrogen-bond donors (Lipinski definition) is 1. The number of hydrogen-bond acceptors (Lipinski definition) is 3. The number of piperidine rings is 1. The molecular formula is C14H31N3O2S. The molecule has 0 amide bonds.